The second-order valence-corrected chi connectivity index (χ2v) is 8.36. The van der Waals surface area contributed by atoms with E-state index in [1.807, 2.05) is 18.2 Å². The highest BCUT2D eigenvalue weighted by Gasteiger charge is 2.16. The molecule has 0 spiro atoms. The van der Waals surface area contributed by atoms with Crippen molar-refractivity contribution in [3.63, 3.8) is 0 Å². The normalized spacial score (nSPS) is 11.3. The third-order valence-electron chi connectivity index (χ3n) is 6.05. The van der Waals surface area contributed by atoms with Gasteiger partial charge in [-0.25, -0.2) is 4.39 Å². The van der Waals surface area contributed by atoms with Gasteiger partial charge in [0.05, 0.1) is 46.7 Å². The summed E-state index contributed by atoms with van der Waals surface area (Å²) in [6, 6.07) is 12.4. The van der Waals surface area contributed by atoms with Crippen LogP contribution in [0, 0.1) is 5.82 Å². The number of carbonyl (C=O) groups is 1. The summed E-state index contributed by atoms with van der Waals surface area (Å²) in [5.41, 5.74) is 6.26. The summed E-state index contributed by atoms with van der Waals surface area (Å²) in [5.74, 6) is -0.390. The number of aromatic nitrogens is 6. The van der Waals surface area contributed by atoms with Gasteiger partial charge in [-0.15, -0.1) is 0 Å². The number of nitrogens with one attached hydrogen (secondary N) is 3. The van der Waals surface area contributed by atoms with E-state index in [2.05, 4.69) is 35.5 Å². The van der Waals surface area contributed by atoms with Gasteiger partial charge in [0.25, 0.3) is 0 Å². The Bertz CT molecular complexity index is 1750. The Kier molecular flexibility index (Phi) is 5.22. The Balaban J connectivity index is 1.44. The SMILES string of the molecule is CCC(=O)Nc1cncc(-c2cc3c(-c4cc5c(-c6ccccc6F)cncc5[nH]4)n[nH]c3cn2)c1. The van der Waals surface area contributed by atoms with Crippen LogP contribution in [0.5, 0.6) is 0 Å². The maximum absolute atomic E-state index is 14.5. The molecule has 0 fully saturated rings. The molecule has 0 unspecified atom stereocenters. The maximum Gasteiger partial charge on any atom is 0.224 e. The second-order valence-electron chi connectivity index (χ2n) is 8.36. The summed E-state index contributed by atoms with van der Waals surface area (Å²) in [5, 5.41) is 12.1. The van der Waals surface area contributed by atoms with Crippen LogP contribution in [0.25, 0.3) is 55.6 Å². The average Bonchev–Trinajstić information content (AvgIpc) is 3.52. The molecular formula is C27H20FN7O. The Hall–Kier alpha value is -4.92. The van der Waals surface area contributed by atoms with Crippen LogP contribution in [0.4, 0.5) is 10.1 Å². The van der Waals surface area contributed by atoms with E-state index in [1.54, 1.807) is 56.1 Å². The number of halogens is 1. The predicted molar refractivity (Wildman–Crippen MR) is 137 cm³/mol. The molecule has 1 amide bonds. The fraction of sp³-hybridized carbons (Fsp3) is 0.0741. The molecular weight excluding hydrogens is 457 g/mol. The zero-order chi connectivity index (χ0) is 24.6. The lowest BCUT2D eigenvalue weighted by atomic mass is 10.0. The number of nitrogens with zero attached hydrogens (tertiary/aromatic N) is 4. The van der Waals surface area contributed by atoms with Gasteiger partial charge in [0.1, 0.15) is 11.5 Å². The molecule has 0 atom stereocenters. The van der Waals surface area contributed by atoms with E-state index in [-0.39, 0.29) is 11.7 Å². The molecule has 0 aliphatic heterocycles. The monoisotopic (exact) mass is 477 g/mol. The lowest BCUT2D eigenvalue weighted by Gasteiger charge is -2.06. The molecule has 9 heteroatoms. The Morgan fingerprint density at radius 1 is 0.944 bits per heavy atom. The number of fused-ring (bicyclic) bond motifs is 2. The maximum atomic E-state index is 14.5. The van der Waals surface area contributed by atoms with Gasteiger partial charge >= 0.3 is 0 Å². The van der Waals surface area contributed by atoms with Crippen molar-refractivity contribution in [1.82, 2.24) is 30.1 Å². The van der Waals surface area contributed by atoms with Crippen molar-refractivity contribution >= 4 is 33.4 Å². The standard InChI is InChI=1S/C27H20FN7O/c1-2-26(36)32-16-7-15(10-29-11-16)22-9-19-25(14-31-22)34-35-27(19)23-8-18-20(12-30-13-24(18)33-23)17-5-3-4-6-21(17)28/h3-14,33H,2H2,1H3,(H,32,36)(H,34,35). The lowest BCUT2D eigenvalue weighted by molar-refractivity contribution is -0.115. The Labute approximate surface area is 204 Å². The number of hydrogen-bond donors (Lipinski definition) is 3. The first kappa shape index (κ1) is 21.6. The van der Waals surface area contributed by atoms with Crippen LogP contribution >= 0.6 is 0 Å². The zero-order valence-electron chi connectivity index (χ0n) is 19.2. The van der Waals surface area contributed by atoms with E-state index in [0.717, 1.165) is 33.1 Å². The molecule has 5 heterocycles. The first-order chi connectivity index (χ1) is 17.6. The molecule has 36 heavy (non-hydrogen) atoms. The van der Waals surface area contributed by atoms with Crippen LogP contribution in [0.1, 0.15) is 13.3 Å². The summed E-state index contributed by atoms with van der Waals surface area (Å²) < 4.78 is 14.5. The van der Waals surface area contributed by atoms with Crippen LogP contribution in [-0.2, 0) is 4.79 Å². The largest absolute Gasteiger partial charge is 0.352 e. The molecule has 6 rings (SSSR count). The van der Waals surface area contributed by atoms with Crippen molar-refractivity contribution in [2.75, 3.05) is 5.32 Å². The van der Waals surface area contributed by atoms with E-state index in [4.69, 9.17) is 0 Å². The Morgan fingerprint density at radius 2 is 1.81 bits per heavy atom. The van der Waals surface area contributed by atoms with Crippen LogP contribution in [0.15, 0.2) is 73.4 Å². The molecule has 176 valence electrons. The van der Waals surface area contributed by atoms with Gasteiger partial charge in [-0.3, -0.25) is 24.8 Å². The van der Waals surface area contributed by atoms with Gasteiger partial charge in [0.2, 0.25) is 5.91 Å². The molecule has 5 aromatic heterocycles. The topological polar surface area (TPSA) is 112 Å². The quantitative estimate of drug-likeness (QED) is 0.294. The zero-order valence-corrected chi connectivity index (χ0v) is 19.2. The van der Waals surface area contributed by atoms with Crippen molar-refractivity contribution in [2.45, 2.75) is 13.3 Å². The van der Waals surface area contributed by atoms with Crippen LogP contribution in [0.3, 0.4) is 0 Å². The summed E-state index contributed by atoms with van der Waals surface area (Å²) >= 11 is 0. The highest BCUT2D eigenvalue weighted by Crippen LogP contribution is 2.35. The average molecular weight is 478 g/mol. The highest BCUT2D eigenvalue weighted by molar-refractivity contribution is 6.01. The number of benzene rings is 1. The van der Waals surface area contributed by atoms with E-state index in [1.165, 1.54) is 6.07 Å². The minimum Gasteiger partial charge on any atom is -0.352 e. The summed E-state index contributed by atoms with van der Waals surface area (Å²) in [6.45, 7) is 1.79. The molecule has 0 radical (unpaired) electrons. The summed E-state index contributed by atoms with van der Waals surface area (Å²) in [6.07, 6.45) is 8.78. The van der Waals surface area contributed by atoms with E-state index in [9.17, 15) is 9.18 Å². The number of carbonyl (C=O) groups excluding carboxylic acids is 1. The van der Waals surface area contributed by atoms with E-state index < -0.39 is 0 Å². The molecule has 6 aromatic rings. The number of anilines is 1. The molecule has 0 saturated carbocycles. The molecule has 0 saturated heterocycles. The first-order valence-electron chi connectivity index (χ1n) is 11.4. The van der Waals surface area contributed by atoms with Gasteiger partial charge in [-0.05, 0) is 24.3 Å². The number of aromatic amines is 2. The molecule has 0 aliphatic carbocycles. The van der Waals surface area contributed by atoms with Gasteiger partial charge in [0.15, 0.2) is 0 Å². The number of H-pyrrole nitrogens is 2. The van der Waals surface area contributed by atoms with Crippen LogP contribution in [0.2, 0.25) is 0 Å². The minimum absolute atomic E-state index is 0.0856. The molecule has 8 nitrogen and oxygen atoms in total. The highest BCUT2D eigenvalue weighted by atomic mass is 19.1. The molecule has 0 bridgehead atoms. The van der Waals surface area contributed by atoms with E-state index >= 15 is 0 Å². The summed E-state index contributed by atoms with van der Waals surface area (Å²) in [4.78, 5) is 28.2. The summed E-state index contributed by atoms with van der Waals surface area (Å²) in [7, 11) is 0. The molecule has 1 aromatic carbocycles. The smallest absolute Gasteiger partial charge is 0.224 e. The fourth-order valence-electron chi connectivity index (χ4n) is 4.25. The van der Waals surface area contributed by atoms with Crippen molar-refractivity contribution in [3.8, 4) is 33.8 Å². The van der Waals surface area contributed by atoms with Gasteiger partial charge in [-0.1, -0.05) is 25.1 Å². The van der Waals surface area contributed by atoms with Gasteiger partial charge in [-0.2, -0.15) is 5.10 Å². The number of amides is 1. The number of rotatable bonds is 5. The fourth-order valence-corrected chi connectivity index (χ4v) is 4.25. The van der Waals surface area contributed by atoms with Crippen LogP contribution in [-0.4, -0.2) is 36.0 Å². The predicted octanol–water partition coefficient (Wildman–Crippen LogP) is 5.72. The number of pyridine rings is 3. The van der Waals surface area contributed by atoms with Crippen LogP contribution < -0.4 is 5.32 Å². The third-order valence-corrected chi connectivity index (χ3v) is 6.05. The van der Waals surface area contributed by atoms with Crippen molar-refractivity contribution in [3.05, 3.63) is 79.3 Å². The Morgan fingerprint density at radius 3 is 2.67 bits per heavy atom. The van der Waals surface area contributed by atoms with E-state index in [0.29, 0.717) is 34.6 Å². The molecule has 3 N–H and O–H groups in total. The second kappa shape index (κ2) is 8.70. The minimum atomic E-state index is -0.304. The number of hydrogen-bond acceptors (Lipinski definition) is 5. The van der Waals surface area contributed by atoms with Gasteiger partial charge < -0.3 is 10.3 Å². The van der Waals surface area contributed by atoms with Crippen molar-refractivity contribution < 1.29 is 9.18 Å². The molecule has 0 aliphatic rings. The lowest BCUT2D eigenvalue weighted by Crippen LogP contribution is -2.09. The third kappa shape index (κ3) is 3.76. The van der Waals surface area contributed by atoms with Crippen molar-refractivity contribution in [1.29, 1.82) is 0 Å². The van der Waals surface area contributed by atoms with Crippen molar-refractivity contribution in [2.24, 2.45) is 0 Å². The first-order valence-corrected chi connectivity index (χ1v) is 11.4. The van der Waals surface area contributed by atoms with Gasteiger partial charge in [0, 0.05) is 46.3 Å².